The van der Waals surface area contributed by atoms with Crippen molar-refractivity contribution in [2.24, 2.45) is 5.73 Å². The first-order valence-electron chi connectivity index (χ1n) is 8.06. The number of hydrogen-bond acceptors (Lipinski definition) is 5. The SMILES string of the molecule is C[C@@H](O)[C@H](NC(=O)c1ccc(-c2nccc3ncccc23)cc1)C(N)=O. The maximum atomic E-state index is 12.3. The zero-order valence-corrected chi connectivity index (χ0v) is 14.1. The Labute approximate surface area is 149 Å². The summed E-state index contributed by atoms with van der Waals surface area (Å²) in [5.41, 5.74) is 7.97. The van der Waals surface area contributed by atoms with E-state index in [1.807, 2.05) is 18.2 Å². The van der Waals surface area contributed by atoms with Crippen molar-refractivity contribution in [3.8, 4) is 11.3 Å². The van der Waals surface area contributed by atoms with Gasteiger partial charge in [0.15, 0.2) is 0 Å². The number of rotatable bonds is 5. The number of aromatic nitrogens is 2. The molecule has 0 fully saturated rings. The molecule has 2 heterocycles. The molecule has 2 aromatic heterocycles. The van der Waals surface area contributed by atoms with Gasteiger partial charge in [0.2, 0.25) is 5.91 Å². The van der Waals surface area contributed by atoms with E-state index in [0.717, 1.165) is 22.2 Å². The van der Waals surface area contributed by atoms with Crippen molar-refractivity contribution in [3.05, 3.63) is 60.4 Å². The molecule has 1 aromatic carbocycles. The van der Waals surface area contributed by atoms with E-state index in [9.17, 15) is 14.7 Å². The molecule has 132 valence electrons. The Hall–Kier alpha value is -3.32. The fourth-order valence-corrected chi connectivity index (χ4v) is 2.67. The van der Waals surface area contributed by atoms with Crippen LogP contribution in [0.2, 0.25) is 0 Å². The summed E-state index contributed by atoms with van der Waals surface area (Å²) in [6.07, 6.45) is 2.32. The zero-order valence-electron chi connectivity index (χ0n) is 14.1. The van der Waals surface area contributed by atoms with Crippen molar-refractivity contribution < 1.29 is 14.7 Å². The summed E-state index contributed by atoms with van der Waals surface area (Å²) >= 11 is 0. The maximum Gasteiger partial charge on any atom is 0.252 e. The number of nitrogens with zero attached hydrogens (tertiary/aromatic N) is 2. The van der Waals surface area contributed by atoms with E-state index in [0.29, 0.717) is 5.56 Å². The fourth-order valence-electron chi connectivity index (χ4n) is 2.67. The molecule has 0 saturated heterocycles. The van der Waals surface area contributed by atoms with E-state index in [1.165, 1.54) is 6.92 Å². The molecular formula is C19H18N4O3. The lowest BCUT2D eigenvalue weighted by atomic mass is 10.0. The second-order valence-electron chi connectivity index (χ2n) is 5.90. The molecule has 0 radical (unpaired) electrons. The normalized spacial score (nSPS) is 13.2. The van der Waals surface area contributed by atoms with Gasteiger partial charge >= 0.3 is 0 Å². The van der Waals surface area contributed by atoms with Gasteiger partial charge in [0, 0.05) is 28.9 Å². The predicted molar refractivity (Wildman–Crippen MR) is 97.1 cm³/mol. The van der Waals surface area contributed by atoms with Crippen molar-refractivity contribution in [2.45, 2.75) is 19.1 Å². The molecular weight excluding hydrogens is 332 g/mol. The highest BCUT2D eigenvalue weighted by atomic mass is 16.3. The molecule has 3 aromatic rings. The first-order valence-corrected chi connectivity index (χ1v) is 8.06. The molecule has 0 unspecified atom stereocenters. The van der Waals surface area contributed by atoms with Crippen LogP contribution in [0.1, 0.15) is 17.3 Å². The first-order chi connectivity index (χ1) is 12.5. The lowest BCUT2D eigenvalue weighted by Crippen LogP contribution is -2.50. The minimum absolute atomic E-state index is 0.346. The zero-order chi connectivity index (χ0) is 18.7. The molecule has 0 aliphatic rings. The van der Waals surface area contributed by atoms with Crippen LogP contribution in [-0.4, -0.2) is 39.0 Å². The first kappa shape index (κ1) is 17.5. The molecule has 0 bridgehead atoms. The van der Waals surface area contributed by atoms with Crippen LogP contribution in [0.5, 0.6) is 0 Å². The van der Waals surface area contributed by atoms with Crippen LogP contribution in [-0.2, 0) is 4.79 Å². The predicted octanol–water partition coefficient (Wildman–Crippen LogP) is 1.26. The van der Waals surface area contributed by atoms with Crippen molar-refractivity contribution in [1.29, 1.82) is 0 Å². The number of aliphatic hydroxyl groups excluding tert-OH is 1. The summed E-state index contributed by atoms with van der Waals surface area (Å²) in [5.74, 6) is -1.29. The maximum absolute atomic E-state index is 12.3. The number of carbonyl (C=O) groups excluding carboxylic acids is 2. The van der Waals surface area contributed by atoms with Gasteiger partial charge in [-0.05, 0) is 37.3 Å². The minimum Gasteiger partial charge on any atom is -0.391 e. The Morgan fingerprint density at radius 2 is 1.81 bits per heavy atom. The summed E-state index contributed by atoms with van der Waals surface area (Å²) in [6, 6.07) is 11.3. The number of hydrogen-bond donors (Lipinski definition) is 3. The van der Waals surface area contributed by atoms with Crippen LogP contribution in [0.3, 0.4) is 0 Å². The number of pyridine rings is 2. The molecule has 2 atom stereocenters. The van der Waals surface area contributed by atoms with Gasteiger partial charge in [0.05, 0.1) is 17.3 Å². The number of benzene rings is 1. The molecule has 2 amide bonds. The number of amides is 2. The van der Waals surface area contributed by atoms with Gasteiger partial charge in [-0.1, -0.05) is 12.1 Å². The minimum atomic E-state index is -1.15. The van der Waals surface area contributed by atoms with E-state index in [-0.39, 0.29) is 0 Å². The third-order valence-electron chi connectivity index (χ3n) is 4.03. The Morgan fingerprint density at radius 1 is 1.08 bits per heavy atom. The molecule has 0 aliphatic heterocycles. The Bertz CT molecular complexity index is 949. The standard InChI is InChI=1S/C19H18N4O3/c1-11(24)16(18(20)25)23-19(26)13-6-4-12(5-7-13)17-14-3-2-9-21-15(14)8-10-22-17/h2-11,16,24H,1H3,(H2,20,25)(H,23,26)/t11-,16+/m1/s1. The monoisotopic (exact) mass is 350 g/mol. The smallest absolute Gasteiger partial charge is 0.252 e. The third kappa shape index (κ3) is 3.52. The Morgan fingerprint density at radius 3 is 2.46 bits per heavy atom. The number of nitrogens with two attached hydrogens (primary N) is 1. The van der Waals surface area contributed by atoms with Gasteiger partial charge in [0.25, 0.3) is 5.91 Å². The summed E-state index contributed by atoms with van der Waals surface area (Å²) in [4.78, 5) is 32.3. The van der Waals surface area contributed by atoms with Crippen LogP contribution in [0, 0.1) is 0 Å². The van der Waals surface area contributed by atoms with Crippen molar-refractivity contribution in [1.82, 2.24) is 15.3 Å². The molecule has 7 nitrogen and oxygen atoms in total. The molecule has 3 rings (SSSR count). The Kier molecular flexibility index (Phi) is 4.90. The molecule has 26 heavy (non-hydrogen) atoms. The van der Waals surface area contributed by atoms with Crippen LogP contribution >= 0.6 is 0 Å². The highest BCUT2D eigenvalue weighted by Gasteiger charge is 2.23. The summed E-state index contributed by atoms with van der Waals surface area (Å²) < 4.78 is 0. The summed E-state index contributed by atoms with van der Waals surface area (Å²) in [6.45, 7) is 1.39. The van der Waals surface area contributed by atoms with Crippen LogP contribution < -0.4 is 11.1 Å². The highest BCUT2D eigenvalue weighted by molar-refractivity contribution is 5.98. The molecule has 0 spiro atoms. The van der Waals surface area contributed by atoms with Gasteiger partial charge in [-0.15, -0.1) is 0 Å². The second-order valence-corrected chi connectivity index (χ2v) is 5.90. The van der Waals surface area contributed by atoms with Crippen molar-refractivity contribution >= 4 is 22.7 Å². The molecule has 7 heteroatoms. The van der Waals surface area contributed by atoms with Crippen LogP contribution in [0.15, 0.2) is 54.9 Å². The van der Waals surface area contributed by atoms with E-state index in [4.69, 9.17) is 5.73 Å². The second kappa shape index (κ2) is 7.28. The number of fused-ring (bicyclic) bond motifs is 1. The van der Waals surface area contributed by atoms with E-state index in [2.05, 4.69) is 15.3 Å². The van der Waals surface area contributed by atoms with E-state index < -0.39 is 24.0 Å². The van der Waals surface area contributed by atoms with Gasteiger partial charge in [0.1, 0.15) is 6.04 Å². The van der Waals surface area contributed by atoms with E-state index in [1.54, 1.807) is 36.7 Å². The third-order valence-corrected chi connectivity index (χ3v) is 4.03. The number of nitrogens with one attached hydrogen (secondary N) is 1. The number of aliphatic hydroxyl groups is 1. The average molecular weight is 350 g/mol. The van der Waals surface area contributed by atoms with Crippen molar-refractivity contribution in [3.63, 3.8) is 0 Å². The van der Waals surface area contributed by atoms with E-state index >= 15 is 0 Å². The molecule has 4 N–H and O–H groups in total. The van der Waals surface area contributed by atoms with Gasteiger partial charge in [-0.3, -0.25) is 19.6 Å². The summed E-state index contributed by atoms with van der Waals surface area (Å²) in [7, 11) is 0. The average Bonchev–Trinajstić information content (AvgIpc) is 2.65. The molecule has 0 saturated carbocycles. The van der Waals surface area contributed by atoms with Gasteiger partial charge < -0.3 is 16.2 Å². The lowest BCUT2D eigenvalue weighted by molar-refractivity contribution is -0.122. The highest BCUT2D eigenvalue weighted by Crippen LogP contribution is 2.25. The fraction of sp³-hybridized carbons (Fsp3) is 0.158. The lowest BCUT2D eigenvalue weighted by Gasteiger charge is -2.18. The van der Waals surface area contributed by atoms with Gasteiger partial charge in [-0.2, -0.15) is 0 Å². The number of primary amides is 1. The quantitative estimate of drug-likeness (QED) is 0.640. The largest absolute Gasteiger partial charge is 0.391 e. The van der Waals surface area contributed by atoms with Gasteiger partial charge in [-0.25, -0.2) is 0 Å². The molecule has 0 aliphatic carbocycles. The topological polar surface area (TPSA) is 118 Å². The Balaban J connectivity index is 1.86. The van der Waals surface area contributed by atoms with Crippen LogP contribution in [0.4, 0.5) is 0 Å². The van der Waals surface area contributed by atoms with Crippen molar-refractivity contribution in [2.75, 3.05) is 0 Å². The van der Waals surface area contributed by atoms with Crippen LogP contribution in [0.25, 0.3) is 22.2 Å². The number of carbonyl (C=O) groups is 2. The summed E-state index contributed by atoms with van der Waals surface area (Å²) in [5, 5.41) is 12.9.